The number of para-hydroxylation sites is 1. The van der Waals surface area contributed by atoms with Gasteiger partial charge in [0.15, 0.2) is 0 Å². The van der Waals surface area contributed by atoms with Crippen LogP contribution in [0.3, 0.4) is 0 Å². The van der Waals surface area contributed by atoms with Gasteiger partial charge in [-0.05, 0) is 31.4 Å². The molecule has 0 aliphatic heterocycles. The van der Waals surface area contributed by atoms with Gasteiger partial charge in [0.05, 0.1) is 10.4 Å². The number of anilines is 1. The smallest absolute Gasteiger partial charge is 0.233 e. The number of amides is 1. The summed E-state index contributed by atoms with van der Waals surface area (Å²) in [6.07, 6.45) is 2.47. The number of hydrogen-bond acceptors (Lipinski definition) is 3. The minimum Gasteiger partial charge on any atom is -0.392 e. The van der Waals surface area contributed by atoms with Crippen LogP contribution in [0.4, 0.5) is 5.69 Å². The number of thiocarbonyl (C=S) groups is 1. The molecule has 0 aromatic heterocycles. The first-order valence-corrected chi connectivity index (χ1v) is 7.31. The zero-order valence-electron chi connectivity index (χ0n) is 11.8. The molecule has 1 amide bonds. The van der Waals surface area contributed by atoms with Crippen LogP contribution in [0, 0.1) is 5.41 Å². The highest BCUT2D eigenvalue weighted by molar-refractivity contribution is 7.80. The van der Waals surface area contributed by atoms with E-state index in [-0.39, 0.29) is 5.91 Å². The fourth-order valence-electron chi connectivity index (χ4n) is 2.21. The molecule has 0 unspecified atom stereocenters. The summed E-state index contributed by atoms with van der Waals surface area (Å²) < 4.78 is 0. The number of benzene rings is 1. The van der Waals surface area contributed by atoms with Crippen molar-refractivity contribution in [2.24, 2.45) is 11.1 Å². The molecule has 3 N–H and O–H groups in total. The van der Waals surface area contributed by atoms with Gasteiger partial charge in [-0.3, -0.25) is 4.79 Å². The van der Waals surface area contributed by atoms with E-state index >= 15 is 0 Å². The minimum atomic E-state index is -0.541. The van der Waals surface area contributed by atoms with E-state index in [1.54, 1.807) is 0 Å². The first-order valence-electron chi connectivity index (χ1n) is 6.91. The Morgan fingerprint density at radius 2 is 2.05 bits per heavy atom. The molecule has 0 atom stereocenters. The average molecular weight is 291 g/mol. The third-order valence-electron chi connectivity index (χ3n) is 3.81. The molecule has 0 saturated heterocycles. The zero-order chi connectivity index (χ0) is 14.6. The molecule has 4 nitrogen and oxygen atoms in total. The molecule has 0 bridgehead atoms. The predicted molar refractivity (Wildman–Crippen MR) is 85.8 cm³/mol. The summed E-state index contributed by atoms with van der Waals surface area (Å²) in [6.45, 7) is 1.55. The molecule has 1 aromatic carbocycles. The van der Waals surface area contributed by atoms with Crippen molar-refractivity contribution in [3.05, 3.63) is 30.3 Å². The molecule has 0 heterocycles. The average Bonchev–Trinajstić information content (AvgIpc) is 3.25. The van der Waals surface area contributed by atoms with E-state index in [1.165, 1.54) is 5.69 Å². The second kappa shape index (κ2) is 6.22. The lowest BCUT2D eigenvalue weighted by atomic mass is 10.1. The first-order chi connectivity index (χ1) is 9.56. The maximum absolute atomic E-state index is 12.0. The number of nitrogens with two attached hydrogens (primary N) is 1. The maximum Gasteiger partial charge on any atom is 0.233 e. The third kappa shape index (κ3) is 3.28. The van der Waals surface area contributed by atoms with Gasteiger partial charge in [0.2, 0.25) is 5.91 Å². The molecule has 1 aliphatic rings. The summed E-state index contributed by atoms with van der Waals surface area (Å²) in [6, 6.07) is 10.2. The lowest BCUT2D eigenvalue weighted by Gasteiger charge is -2.19. The highest BCUT2D eigenvalue weighted by Gasteiger charge is 2.52. The Labute approximate surface area is 125 Å². The maximum atomic E-state index is 12.0. The Kier molecular flexibility index (Phi) is 4.60. The van der Waals surface area contributed by atoms with Gasteiger partial charge in [0.25, 0.3) is 0 Å². The van der Waals surface area contributed by atoms with E-state index in [1.807, 2.05) is 18.2 Å². The lowest BCUT2D eigenvalue weighted by Crippen LogP contribution is -2.40. The fourth-order valence-corrected chi connectivity index (χ4v) is 2.51. The second-order valence-electron chi connectivity index (χ2n) is 5.31. The van der Waals surface area contributed by atoms with Crippen molar-refractivity contribution in [2.45, 2.75) is 19.3 Å². The van der Waals surface area contributed by atoms with Gasteiger partial charge in [-0.2, -0.15) is 0 Å². The van der Waals surface area contributed by atoms with Crippen LogP contribution in [-0.2, 0) is 4.79 Å². The molecule has 1 saturated carbocycles. The van der Waals surface area contributed by atoms with Gasteiger partial charge >= 0.3 is 0 Å². The summed E-state index contributed by atoms with van der Waals surface area (Å²) in [4.78, 5) is 14.5. The number of carbonyl (C=O) groups is 1. The molecule has 5 heteroatoms. The summed E-state index contributed by atoms with van der Waals surface area (Å²) >= 11 is 4.96. The number of nitrogens with one attached hydrogen (secondary N) is 1. The van der Waals surface area contributed by atoms with Crippen molar-refractivity contribution in [1.82, 2.24) is 5.32 Å². The van der Waals surface area contributed by atoms with Crippen LogP contribution in [0.1, 0.15) is 19.3 Å². The molecule has 20 heavy (non-hydrogen) atoms. The van der Waals surface area contributed by atoms with Gasteiger partial charge in [0, 0.05) is 25.8 Å². The molecule has 1 aromatic rings. The minimum absolute atomic E-state index is 0.00707. The van der Waals surface area contributed by atoms with Gasteiger partial charge in [-0.25, -0.2) is 0 Å². The van der Waals surface area contributed by atoms with Gasteiger partial charge in [0.1, 0.15) is 0 Å². The van der Waals surface area contributed by atoms with Crippen LogP contribution in [0.5, 0.6) is 0 Å². The second-order valence-corrected chi connectivity index (χ2v) is 5.75. The summed E-state index contributed by atoms with van der Waals surface area (Å²) in [5.41, 5.74) is 6.26. The first kappa shape index (κ1) is 14.8. The predicted octanol–water partition coefficient (Wildman–Crippen LogP) is 1.70. The summed E-state index contributed by atoms with van der Waals surface area (Å²) in [5.74, 6) is -0.00707. The third-order valence-corrected chi connectivity index (χ3v) is 4.20. The fraction of sp³-hybridized carbons (Fsp3) is 0.467. The van der Waals surface area contributed by atoms with Crippen molar-refractivity contribution in [3.63, 3.8) is 0 Å². The Morgan fingerprint density at radius 1 is 1.40 bits per heavy atom. The van der Waals surface area contributed by atoms with E-state index in [9.17, 15) is 4.79 Å². The van der Waals surface area contributed by atoms with Gasteiger partial charge in [-0.1, -0.05) is 30.4 Å². The number of hydrogen-bond donors (Lipinski definition) is 2. The molecular formula is C15H21N3OS. The molecule has 0 spiro atoms. The Morgan fingerprint density at radius 3 is 2.60 bits per heavy atom. The highest BCUT2D eigenvalue weighted by atomic mass is 32.1. The van der Waals surface area contributed by atoms with Crippen molar-refractivity contribution in [1.29, 1.82) is 0 Å². The molecule has 0 radical (unpaired) electrons. The molecule has 2 rings (SSSR count). The summed E-state index contributed by atoms with van der Waals surface area (Å²) in [7, 11) is 2.05. The van der Waals surface area contributed by atoms with Gasteiger partial charge in [-0.15, -0.1) is 0 Å². The van der Waals surface area contributed by atoms with Gasteiger partial charge < -0.3 is 16.0 Å². The van der Waals surface area contributed by atoms with Crippen LogP contribution < -0.4 is 16.0 Å². The molecule has 1 fully saturated rings. The van der Waals surface area contributed by atoms with Crippen LogP contribution in [-0.4, -0.2) is 31.0 Å². The van der Waals surface area contributed by atoms with Crippen molar-refractivity contribution in [3.8, 4) is 0 Å². The zero-order valence-corrected chi connectivity index (χ0v) is 12.6. The SMILES string of the molecule is CN(CCCNC(=O)C1(C(N)=S)CC1)c1ccccc1. The van der Waals surface area contributed by atoms with Crippen LogP contribution in [0.15, 0.2) is 30.3 Å². The Bertz CT molecular complexity index is 485. The summed E-state index contributed by atoms with van der Waals surface area (Å²) in [5, 5.41) is 2.94. The Balaban J connectivity index is 1.70. The van der Waals surface area contributed by atoms with E-state index in [0.717, 1.165) is 25.8 Å². The van der Waals surface area contributed by atoms with Crippen LogP contribution in [0.25, 0.3) is 0 Å². The van der Waals surface area contributed by atoms with E-state index in [4.69, 9.17) is 18.0 Å². The van der Waals surface area contributed by atoms with Crippen molar-refractivity contribution < 1.29 is 4.79 Å². The number of carbonyl (C=O) groups excluding carboxylic acids is 1. The highest BCUT2D eigenvalue weighted by Crippen LogP contribution is 2.46. The topological polar surface area (TPSA) is 58.4 Å². The Hall–Kier alpha value is -1.62. The van der Waals surface area contributed by atoms with E-state index < -0.39 is 5.41 Å². The molecule has 108 valence electrons. The van der Waals surface area contributed by atoms with Crippen LogP contribution >= 0.6 is 12.2 Å². The van der Waals surface area contributed by atoms with Crippen molar-refractivity contribution in [2.75, 3.05) is 25.0 Å². The molecule has 1 aliphatic carbocycles. The molecular weight excluding hydrogens is 270 g/mol. The van der Waals surface area contributed by atoms with E-state index in [2.05, 4.69) is 29.4 Å². The van der Waals surface area contributed by atoms with Crippen LogP contribution in [0.2, 0.25) is 0 Å². The monoisotopic (exact) mass is 291 g/mol. The quantitative estimate of drug-likeness (QED) is 0.593. The normalized spacial score (nSPS) is 15.4. The largest absolute Gasteiger partial charge is 0.392 e. The standard InChI is InChI=1S/C15H21N3OS/c1-18(12-6-3-2-4-7-12)11-5-10-17-14(19)15(8-9-15)13(16)20/h2-4,6-7H,5,8-11H2,1H3,(H2,16,20)(H,17,19). The van der Waals surface area contributed by atoms with Crippen molar-refractivity contribution >= 4 is 28.8 Å². The lowest BCUT2D eigenvalue weighted by molar-refractivity contribution is -0.123. The number of nitrogens with zero attached hydrogens (tertiary/aromatic N) is 1. The number of rotatable bonds is 7. The van der Waals surface area contributed by atoms with E-state index in [0.29, 0.717) is 11.5 Å².